The third-order valence-electron chi connectivity index (χ3n) is 3.73. The van der Waals surface area contributed by atoms with E-state index < -0.39 is 29.7 Å². The minimum absolute atomic E-state index is 0.0451. The van der Waals surface area contributed by atoms with Gasteiger partial charge in [0.2, 0.25) is 5.91 Å². The second-order valence-electron chi connectivity index (χ2n) is 5.62. The van der Waals surface area contributed by atoms with Gasteiger partial charge in [-0.3, -0.25) is 9.59 Å². The molecule has 3 rings (SSSR count). The molecule has 1 unspecified atom stereocenters. The van der Waals surface area contributed by atoms with Crippen LogP contribution in [0, 0.1) is 5.82 Å². The maximum atomic E-state index is 13.6. The third kappa shape index (κ3) is 3.65. The number of halogens is 1. The first-order valence-electron chi connectivity index (χ1n) is 7.61. The SMILES string of the molecule is CC(=O)Nc1cc(NC(=O)C2Cc3ccccc3C(=O)O2)ccc1F. The van der Waals surface area contributed by atoms with Gasteiger partial charge in [0.1, 0.15) is 5.82 Å². The van der Waals surface area contributed by atoms with Gasteiger partial charge in [-0.05, 0) is 29.8 Å². The second-order valence-corrected chi connectivity index (χ2v) is 5.62. The van der Waals surface area contributed by atoms with Crippen molar-refractivity contribution in [1.29, 1.82) is 0 Å². The van der Waals surface area contributed by atoms with Crippen LogP contribution in [0.5, 0.6) is 0 Å². The molecule has 2 N–H and O–H groups in total. The minimum atomic E-state index is -0.975. The first-order chi connectivity index (χ1) is 11.9. The lowest BCUT2D eigenvalue weighted by molar-refractivity contribution is -0.125. The van der Waals surface area contributed by atoms with Crippen molar-refractivity contribution in [1.82, 2.24) is 0 Å². The monoisotopic (exact) mass is 342 g/mol. The van der Waals surface area contributed by atoms with Gasteiger partial charge in [-0.15, -0.1) is 0 Å². The van der Waals surface area contributed by atoms with Crippen molar-refractivity contribution >= 4 is 29.2 Å². The van der Waals surface area contributed by atoms with E-state index in [1.165, 1.54) is 19.1 Å². The number of cyclic esters (lactones) is 1. The van der Waals surface area contributed by atoms with Crippen molar-refractivity contribution in [2.24, 2.45) is 0 Å². The fourth-order valence-electron chi connectivity index (χ4n) is 2.59. The third-order valence-corrected chi connectivity index (χ3v) is 3.73. The second kappa shape index (κ2) is 6.72. The van der Waals surface area contributed by atoms with Crippen LogP contribution >= 0.6 is 0 Å². The van der Waals surface area contributed by atoms with Gasteiger partial charge in [-0.2, -0.15) is 0 Å². The Morgan fingerprint density at radius 3 is 2.68 bits per heavy atom. The van der Waals surface area contributed by atoms with E-state index in [1.807, 2.05) is 0 Å². The summed E-state index contributed by atoms with van der Waals surface area (Å²) in [6.07, 6.45) is -0.718. The Bertz CT molecular complexity index is 866. The van der Waals surface area contributed by atoms with E-state index in [-0.39, 0.29) is 17.8 Å². The molecular formula is C18H15FN2O4. The van der Waals surface area contributed by atoms with Gasteiger partial charge in [-0.1, -0.05) is 18.2 Å². The molecule has 1 atom stereocenters. The fraction of sp³-hybridized carbons (Fsp3) is 0.167. The predicted molar refractivity (Wildman–Crippen MR) is 88.7 cm³/mol. The largest absolute Gasteiger partial charge is 0.448 e. The Morgan fingerprint density at radius 2 is 1.92 bits per heavy atom. The number of amides is 2. The Morgan fingerprint density at radius 1 is 1.16 bits per heavy atom. The molecule has 6 nitrogen and oxygen atoms in total. The van der Waals surface area contributed by atoms with Crippen LogP contribution in [0.3, 0.4) is 0 Å². The molecule has 0 aliphatic carbocycles. The molecule has 0 spiro atoms. The molecule has 7 heteroatoms. The maximum Gasteiger partial charge on any atom is 0.339 e. The lowest BCUT2D eigenvalue weighted by atomic mass is 9.98. The first kappa shape index (κ1) is 16.6. The summed E-state index contributed by atoms with van der Waals surface area (Å²) in [6.45, 7) is 1.25. The number of anilines is 2. The highest BCUT2D eigenvalue weighted by Gasteiger charge is 2.31. The number of benzene rings is 2. The van der Waals surface area contributed by atoms with E-state index in [2.05, 4.69) is 10.6 Å². The average Bonchev–Trinajstić information content (AvgIpc) is 2.57. The number of ether oxygens (including phenoxy) is 1. The van der Waals surface area contributed by atoms with E-state index in [0.29, 0.717) is 5.56 Å². The molecule has 128 valence electrons. The van der Waals surface area contributed by atoms with Crippen molar-refractivity contribution in [3.63, 3.8) is 0 Å². The topological polar surface area (TPSA) is 84.5 Å². The number of hydrogen-bond donors (Lipinski definition) is 2. The number of carbonyl (C=O) groups is 3. The molecule has 1 aliphatic rings. The summed E-state index contributed by atoms with van der Waals surface area (Å²) < 4.78 is 18.8. The van der Waals surface area contributed by atoms with Gasteiger partial charge in [-0.25, -0.2) is 9.18 Å². The Labute approximate surface area is 143 Å². The molecule has 0 bridgehead atoms. The number of hydrogen-bond acceptors (Lipinski definition) is 4. The standard InChI is InChI=1S/C18H15FN2O4/c1-10(22)20-15-9-12(6-7-14(15)19)21-17(23)16-8-11-4-2-3-5-13(11)18(24)25-16/h2-7,9,16H,8H2,1H3,(H,20,22)(H,21,23). The van der Waals surface area contributed by atoms with Crippen LogP contribution in [0.1, 0.15) is 22.8 Å². The molecule has 25 heavy (non-hydrogen) atoms. The fourth-order valence-corrected chi connectivity index (χ4v) is 2.59. The molecule has 1 heterocycles. The molecule has 0 radical (unpaired) electrons. The number of rotatable bonds is 3. The molecule has 2 aromatic carbocycles. The van der Waals surface area contributed by atoms with E-state index in [4.69, 9.17) is 4.74 Å². The maximum absolute atomic E-state index is 13.6. The molecule has 0 aromatic heterocycles. The molecule has 1 aliphatic heterocycles. The summed E-state index contributed by atoms with van der Waals surface area (Å²) in [5, 5.41) is 4.91. The lowest BCUT2D eigenvalue weighted by Gasteiger charge is -2.23. The van der Waals surface area contributed by atoms with E-state index >= 15 is 0 Å². The smallest absolute Gasteiger partial charge is 0.339 e. The molecular weight excluding hydrogens is 327 g/mol. The molecule has 0 saturated carbocycles. The summed E-state index contributed by atoms with van der Waals surface area (Å²) >= 11 is 0. The summed E-state index contributed by atoms with van der Waals surface area (Å²) in [7, 11) is 0. The van der Waals surface area contributed by atoms with Crippen molar-refractivity contribution in [2.45, 2.75) is 19.4 Å². The minimum Gasteiger partial charge on any atom is -0.448 e. The Kier molecular flexibility index (Phi) is 4.47. The van der Waals surface area contributed by atoms with Crippen LogP contribution in [-0.4, -0.2) is 23.9 Å². The zero-order chi connectivity index (χ0) is 18.0. The van der Waals surface area contributed by atoms with Gasteiger partial charge < -0.3 is 15.4 Å². The molecule has 0 saturated heterocycles. The van der Waals surface area contributed by atoms with E-state index in [1.54, 1.807) is 24.3 Å². The quantitative estimate of drug-likeness (QED) is 0.840. The van der Waals surface area contributed by atoms with Gasteiger partial charge in [0.25, 0.3) is 5.91 Å². The van der Waals surface area contributed by atoms with Gasteiger partial charge >= 0.3 is 5.97 Å². The highest BCUT2D eigenvalue weighted by Crippen LogP contribution is 2.23. The molecule has 2 aromatic rings. The zero-order valence-corrected chi connectivity index (χ0v) is 13.3. The van der Waals surface area contributed by atoms with Gasteiger partial charge in [0, 0.05) is 19.0 Å². The van der Waals surface area contributed by atoms with Crippen molar-refractivity contribution in [3.05, 3.63) is 59.4 Å². The number of nitrogens with one attached hydrogen (secondary N) is 2. The van der Waals surface area contributed by atoms with Crippen LogP contribution in [0.25, 0.3) is 0 Å². The Balaban J connectivity index is 1.75. The zero-order valence-electron chi connectivity index (χ0n) is 13.3. The van der Waals surface area contributed by atoms with Crippen LogP contribution in [-0.2, 0) is 20.7 Å². The number of esters is 1. The van der Waals surface area contributed by atoms with Crippen molar-refractivity contribution in [3.8, 4) is 0 Å². The first-order valence-corrected chi connectivity index (χ1v) is 7.61. The predicted octanol–water partition coefficient (Wildman–Crippen LogP) is 2.50. The average molecular weight is 342 g/mol. The summed E-state index contributed by atoms with van der Waals surface area (Å²) in [4.78, 5) is 35.4. The van der Waals surface area contributed by atoms with Crippen molar-refractivity contribution < 1.29 is 23.5 Å². The van der Waals surface area contributed by atoms with Gasteiger partial charge in [0.15, 0.2) is 6.10 Å². The normalized spacial score (nSPS) is 15.8. The number of carbonyl (C=O) groups excluding carboxylic acids is 3. The van der Waals surface area contributed by atoms with Crippen molar-refractivity contribution in [2.75, 3.05) is 10.6 Å². The molecule has 0 fully saturated rings. The Hall–Kier alpha value is -3.22. The van der Waals surface area contributed by atoms with E-state index in [9.17, 15) is 18.8 Å². The van der Waals surface area contributed by atoms with Gasteiger partial charge in [0.05, 0.1) is 11.3 Å². The van der Waals surface area contributed by atoms with E-state index in [0.717, 1.165) is 11.6 Å². The van der Waals surface area contributed by atoms with Crippen LogP contribution < -0.4 is 10.6 Å². The highest BCUT2D eigenvalue weighted by atomic mass is 19.1. The van der Waals surface area contributed by atoms with Crippen LogP contribution in [0.4, 0.5) is 15.8 Å². The van der Waals surface area contributed by atoms with Crippen LogP contribution in [0.2, 0.25) is 0 Å². The highest BCUT2D eigenvalue weighted by molar-refractivity contribution is 6.00. The lowest BCUT2D eigenvalue weighted by Crippen LogP contribution is -2.38. The number of fused-ring (bicyclic) bond motifs is 1. The molecule has 2 amide bonds. The summed E-state index contributed by atoms with van der Waals surface area (Å²) in [5.74, 6) is -2.13. The summed E-state index contributed by atoms with van der Waals surface area (Å²) in [5.41, 5.74) is 1.42. The van der Waals surface area contributed by atoms with Crippen LogP contribution in [0.15, 0.2) is 42.5 Å². The summed E-state index contributed by atoms with van der Waals surface area (Å²) in [6, 6.07) is 10.7.